The van der Waals surface area contributed by atoms with Gasteiger partial charge >= 0.3 is 5.97 Å². The molecule has 2 rings (SSSR count). The number of ether oxygens (including phenoxy) is 2. The maximum Gasteiger partial charge on any atom is 0.335 e. The van der Waals surface area contributed by atoms with Crippen LogP contribution in [0.2, 0.25) is 0 Å². The van der Waals surface area contributed by atoms with E-state index in [0.717, 1.165) is 15.7 Å². The molecule has 0 aliphatic carbocycles. The van der Waals surface area contributed by atoms with E-state index < -0.39 is 5.97 Å². The first-order chi connectivity index (χ1) is 11.0. The van der Waals surface area contributed by atoms with Crippen LogP contribution in [0.4, 0.5) is 5.69 Å². The number of carbonyl (C=O) groups is 1. The molecular weight excluding hydrogens is 362 g/mol. The van der Waals surface area contributed by atoms with Crippen molar-refractivity contribution in [3.8, 4) is 11.5 Å². The third-order valence-corrected chi connectivity index (χ3v) is 3.80. The summed E-state index contributed by atoms with van der Waals surface area (Å²) in [6.07, 6.45) is 0. The first-order valence-corrected chi connectivity index (χ1v) is 7.91. The van der Waals surface area contributed by atoms with Gasteiger partial charge in [0.15, 0.2) is 11.5 Å². The van der Waals surface area contributed by atoms with Crippen LogP contribution in [0, 0.1) is 0 Å². The van der Waals surface area contributed by atoms with Crippen LogP contribution in [-0.4, -0.2) is 24.8 Å². The molecule has 23 heavy (non-hydrogen) atoms. The van der Waals surface area contributed by atoms with Crippen molar-refractivity contribution in [2.45, 2.75) is 13.5 Å². The van der Waals surface area contributed by atoms with Crippen LogP contribution in [0.15, 0.2) is 40.9 Å². The Morgan fingerprint density at radius 2 is 1.96 bits per heavy atom. The van der Waals surface area contributed by atoms with Crippen molar-refractivity contribution < 1.29 is 19.4 Å². The quantitative estimate of drug-likeness (QED) is 0.755. The van der Waals surface area contributed by atoms with E-state index in [4.69, 9.17) is 14.6 Å². The van der Waals surface area contributed by atoms with E-state index >= 15 is 0 Å². The lowest BCUT2D eigenvalue weighted by Crippen LogP contribution is -2.03. The fourth-order valence-corrected chi connectivity index (χ4v) is 2.70. The van der Waals surface area contributed by atoms with Gasteiger partial charge in [0.25, 0.3) is 0 Å². The summed E-state index contributed by atoms with van der Waals surface area (Å²) in [7, 11) is 1.60. The zero-order chi connectivity index (χ0) is 16.8. The lowest BCUT2D eigenvalue weighted by atomic mass is 10.1. The highest BCUT2D eigenvalue weighted by molar-refractivity contribution is 9.10. The number of rotatable bonds is 7. The molecule has 0 amide bonds. The Morgan fingerprint density at radius 1 is 1.26 bits per heavy atom. The van der Waals surface area contributed by atoms with E-state index in [0.29, 0.717) is 24.7 Å². The number of hydrogen-bond acceptors (Lipinski definition) is 4. The Balaban J connectivity index is 2.11. The first-order valence-electron chi connectivity index (χ1n) is 7.11. The van der Waals surface area contributed by atoms with Gasteiger partial charge in [-0.25, -0.2) is 4.79 Å². The zero-order valence-corrected chi connectivity index (χ0v) is 14.5. The van der Waals surface area contributed by atoms with Gasteiger partial charge in [-0.05, 0) is 64.8 Å². The molecule has 0 atom stereocenters. The fraction of sp³-hybridized carbons (Fsp3) is 0.235. The van der Waals surface area contributed by atoms with Crippen LogP contribution >= 0.6 is 15.9 Å². The van der Waals surface area contributed by atoms with Gasteiger partial charge in [0.1, 0.15) is 0 Å². The number of methoxy groups -OCH3 is 1. The van der Waals surface area contributed by atoms with Crippen LogP contribution in [0.5, 0.6) is 11.5 Å². The molecular formula is C17H18BrNO4. The van der Waals surface area contributed by atoms with E-state index in [1.54, 1.807) is 31.4 Å². The third kappa shape index (κ3) is 4.39. The summed E-state index contributed by atoms with van der Waals surface area (Å²) in [6, 6.07) is 10.5. The highest BCUT2D eigenvalue weighted by Gasteiger charge is 2.11. The lowest BCUT2D eigenvalue weighted by Gasteiger charge is -2.14. The number of anilines is 1. The van der Waals surface area contributed by atoms with Gasteiger partial charge < -0.3 is 19.9 Å². The Morgan fingerprint density at radius 3 is 2.52 bits per heavy atom. The van der Waals surface area contributed by atoms with E-state index in [-0.39, 0.29) is 5.56 Å². The van der Waals surface area contributed by atoms with Crippen molar-refractivity contribution >= 4 is 27.6 Å². The summed E-state index contributed by atoms with van der Waals surface area (Å²) < 4.78 is 11.8. The summed E-state index contributed by atoms with van der Waals surface area (Å²) >= 11 is 3.49. The van der Waals surface area contributed by atoms with E-state index in [1.807, 2.05) is 19.1 Å². The molecule has 0 heterocycles. The minimum atomic E-state index is -0.934. The second kappa shape index (κ2) is 7.87. The van der Waals surface area contributed by atoms with Crippen molar-refractivity contribution in [1.82, 2.24) is 0 Å². The normalized spacial score (nSPS) is 10.2. The van der Waals surface area contributed by atoms with Gasteiger partial charge in [0.05, 0.1) is 23.8 Å². The van der Waals surface area contributed by atoms with Crippen molar-refractivity contribution in [3.63, 3.8) is 0 Å². The Kier molecular flexibility index (Phi) is 5.87. The molecule has 122 valence electrons. The van der Waals surface area contributed by atoms with Gasteiger partial charge in [0, 0.05) is 12.2 Å². The Labute approximate surface area is 143 Å². The minimum absolute atomic E-state index is 0.265. The van der Waals surface area contributed by atoms with Crippen molar-refractivity contribution in [2.24, 2.45) is 0 Å². The van der Waals surface area contributed by atoms with Gasteiger partial charge in [0.2, 0.25) is 0 Å². The maximum absolute atomic E-state index is 10.8. The highest BCUT2D eigenvalue weighted by atomic mass is 79.9. The molecule has 5 nitrogen and oxygen atoms in total. The number of nitrogens with one attached hydrogen (secondary N) is 1. The Bertz CT molecular complexity index is 686. The average Bonchev–Trinajstić information content (AvgIpc) is 2.55. The standard InChI is InChI=1S/C17H18BrNO4/c1-3-23-16-14(18)8-11(9-15(16)22-2)10-19-13-6-4-12(5-7-13)17(20)21/h4-9,19H,3,10H2,1-2H3,(H,20,21). The summed E-state index contributed by atoms with van der Waals surface area (Å²) in [5, 5.41) is 12.1. The monoisotopic (exact) mass is 379 g/mol. The first kappa shape index (κ1) is 17.1. The number of hydrogen-bond donors (Lipinski definition) is 2. The van der Waals surface area contributed by atoms with Crippen LogP contribution < -0.4 is 14.8 Å². The average molecular weight is 380 g/mol. The van der Waals surface area contributed by atoms with Crippen molar-refractivity contribution in [1.29, 1.82) is 0 Å². The molecule has 2 N–H and O–H groups in total. The van der Waals surface area contributed by atoms with Gasteiger partial charge in [-0.3, -0.25) is 0 Å². The third-order valence-electron chi connectivity index (χ3n) is 3.21. The molecule has 0 aliphatic heterocycles. The topological polar surface area (TPSA) is 67.8 Å². The molecule has 0 aliphatic rings. The predicted octanol–water partition coefficient (Wildman–Crippen LogP) is 4.17. The summed E-state index contributed by atoms with van der Waals surface area (Å²) in [6.45, 7) is 3.05. The fourth-order valence-electron chi connectivity index (χ4n) is 2.09. The summed E-state index contributed by atoms with van der Waals surface area (Å²) in [5.74, 6) is 0.417. The molecule has 0 saturated heterocycles. The highest BCUT2D eigenvalue weighted by Crippen LogP contribution is 2.36. The van der Waals surface area contributed by atoms with E-state index in [2.05, 4.69) is 21.2 Å². The Hall–Kier alpha value is -2.21. The number of carboxylic acids is 1. The molecule has 6 heteroatoms. The van der Waals surface area contributed by atoms with Crippen LogP contribution in [0.25, 0.3) is 0 Å². The van der Waals surface area contributed by atoms with Crippen molar-refractivity contribution in [3.05, 3.63) is 52.0 Å². The smallest absolute Gasteiger partial charge is 0.335 e. The predicted molar refractivity (Wildman–Crippen MR) is 92.6 cm³/mol. The van der Waals surface area contributed by atoms with Crippen LogP contribution in [-0.2, 0) is 6.54 Å². The van der Waals surface area contributed by atoms with Gasteiger partial charge in [-0.1, -0.05) is 0 Å². The molecule has 0 saturated carbocycles. The summed E-state index contributed by atoms with van der Waals surface area (Å²) in [5.41, 5.74) is 2.12. The number of carboxylic acid groups (broad SMARTS) is 1. The second-order valence-electron chi connectivity index (χ2n) is 4.78. The largest absolute Gasteiger partial charge is 0.493 e. The molecule has 2 aromatic rings. The lowest BCUT2D eigenvalue weighted by molar-refractivity contribution is 0.0697. The maximum atomic E-state index is 10.8. The zero-order valence-electron chi connectivity index (χ0n) is 12.9. The van der Waals surface area contributed by atoms with E-state index in [9.17, 15) is 4.79 Å². The summed E-state index contributed by atoms with van der Waals surface area (Å²) in [4.78, 5) is 10.8. The molecule has 0 fully saturated rings. The molecule has 0 unspecified atom stereocenters. The van der Waals surface area contributed by atoms with Gasteiger partial charge in [-0.2, -0.15) is 0 Å². The van der Waals surface area contributed by atoms with Gasteiger partial charge in [-0.15, -0.1) is 0 Å². The van der Waals surface area contributed by atoms with Crippen LogP contribution in [0.3, 0.4) is 0 Å². The van der Waals surface area contributed by atoms with Crippen LogP contribution in [0.1, 0.15) is 22.8 Å². The second-order valence-corrected chi connectivity index (χ2v) is 5.63. The molecule has 0 aromatic heterocycles. The molecule has 2 aromatic carbocycles. The molecule has 0 bridgehead atoms. The number of benzene rings is 2. The molecule has 0 radical (unpaired) electrons. The number of aromatic carboxylic acids is 1. The SMILES string of the molecule is CCOc1c(Br)cc(CNc2ccc(C(=O)O)cc2)cc1OC. The molecule has 0 spiro atoms. The number of halogens is 1. The van der Waals surface area contributed by atoms with Crippen molar-refractivity contribution in [2.75, 3.05) is 19.0 Å². The minimum Gasteiger partial charge on any atom is -0.493 e. The van der Waals surface area contributed by atoms with E-state index in [1.165, 1.54) is 0 Å².